The Morgan fingerprint density at radius 2 is 1.96 bits per heavy atom. The van der Waals surface area contributed by atoms with Crippen LogP contribution >= 0.6 is 0 Å². The number of para-hydroxylation sites is 1. The molecule has 25 heavy (non-hydrogen) atoms. The second-order valence-corrected chi connectivity index (χ2v) is 5.54. The van der Waals surface area contributed by atoms with E-state index in [1.54, 1.807) is 0 Å². The zero-order valence-corrected chi connectivity index (χ0v) is 13.6. The first-order valence-corrected chi connectivity index (χ1v) is 7.85. The van der Waals surface area contributed by atoms with Gasteiger partial charge in [-0.3, -0.25) is 4.79 Å². The Kier molecular flexibility index (Phi) is 4.88. The van der Waals surface area contributed by atoms with E-state index >= 15 is 0 Å². The van der Waals surface area contributed by atoms with Crippen molar-refractivity contribution in [1.82, 2.24) is 5.16 Å². The van der Waals surface area contributed by atoms with Crippen molar-refractivity contribution in [2.24, 2.45) is 0 Å². The van der Waals surface area contributed by atoms with Crippen molar-refractivity contribution < 1.29 is 18.1 Å². The van der Waals surface area contributed by atoms with Gasteiger partial charge in [-0.05, 0) is 30.2 Å². The Balaban J connectivity index is 1.72. The Morgan fingerprint density at radius 1 is 1.16 bits per heavy atom. The van der Waals surface area contributed by atoms with Crippen LogP contribution in [0.4, 0.5) is 14.5 Å². The molecular weight excluding hydrogens is 326 g/mol. The average Bonchev–Trinajstić information content (AvgIpc) is 3.03. The van der Waals surface area contributed by atoms with E-state index in [0.717, 1.165) is 29.8 Å². The molecule has 2 aromatic carbocycles. The maximum absolute atomic E-state index is 13.8. The number of carbonyl (C=O) groups excluding carboxylic acids is 1. The molecule has 0 spiro atoms. The van der Waals surface area contributed by atoms with Crippen LogP contribution in [0.2, 0.25) is 0 Å². The van der Waals surface area contributed by atoms with Crippen molar-refractivity contribution in [3.05, 3.63) is 71.4 Å². The monoisotopic (exact) mass is 342 g/mol. The van der Waals surface area contributed by atoms with Crippen LogP contribution in [0.3, 0.4) is 0 Å². The maximum Gasteiger partial charge on any atom is 0.230 e. The SMILES string of the molecule is CCc1ccccc1NC(=O)Cc1cc(-c2ccc(F)cc2F)on1. The van der Waals surface area contributed by atoms with Crippen molar-refractivity contribution in [3.63, 3.8) is 0 Å². The largest absolute Gasteiger partial charge is 0.356 e. The van der Waals surface area contributed by atoms with Crippen molar-refractivity contribution in [2.75, 3.05) is 5.32 Å². The van der Waals surface area contributed by atoms with Crippen LogP contribution in [0.25, 0.3) is 11.3 Å². The van der Waals surface area contributed by atoms with Crippen LogP contribution < -0.4 is 5.32 Å². The number of hydrogen-bond donors (Lipinski definition) is 1. The van der Waals surface area contributed by atoms with Crippen molar-refractivity contribution in [1.29, 1.82) is 0 Å². The number of anilines is 1. The van der Waals surface area contributed by atoms with Crippen molar-refractivity contribution in [2.45, 2.75) is 19.8 Å². The Labute approximate surface area is 143 Å². The molecule has 0 aliphatic heterocycles. The van der Waals surface area contributed by atoms with Crippen LogP contribution in [-0.2, 0) is 17.6 Å². The molecule has 0 fully saturated rings. The van der Waals surface area contributed by atoms with Crippen LogP contribution in [0.1, 0.15) is 18.2 Å². The molecule has 0 saturated heterocycles. The second kappa shape index (κ2) is 7.25. The van der Waals surface area contributed by atoms with Gasteiger partial charge in [0.05, 0.1) is 17.7 Å². The van der Waals surface area contributed by atoms with Gasteiger partial charge < -0.3 is 9.84 Å². The van der Waals surface area contributed by atoms with Crippen LogP contribution in [-0.4, -0.2) is 11.1 Å². The first kappa shape index (κ1) is 16.8. The summed E-state index contributed by atoms with van der Waals surface area (Å²) in [6.45, 7) is 2.01. The number of aryl methyl sites for hydroxylation is 1. The number of aromatic nitrogens is 1. The van der Waals surface area contributed by atoms with Gasteiger partial charge >= 0.3 is 0 Å². The zero-order chi connectivity index (χ0) is 17.8. The molecule has 1 N–H and O–H groups in total. The van der Waals surface area contributed by atoms with E-state index in [1.165, 1.54) is 12.1 Å². The lowest BCUT2D eigenvalue weighted by Gasteiger charge is -2.08. The van der Waals surface area contributed by atoms with Gasteiger partial charge in [0.15, 0.2) is 5.76 Å². The summed E-state index contributed by atoms with van der Waals surface area (Å²) in [5, 5.41) is 6.62. The molecular formula is C19H16F2N2O2. The Morgan fingerprint density at radius 3 is 2.72 bits per heavy atom. The first-order valence-electron chi connectivity index (χ1n) is 7.85. The molecule has 0 radical (unpaired) electrons. The summed E-state index contributed by atoms with van der Waals surface area (Å²) < 4.78 is 31.8. The fourth-order valence-corrected chi connectivity index (χ4v) is 2.52. The van der Waals surface area contributed by atoms with Gasteiger partial charge in [0.1, 0.15) is 11.6 Å². The number of rotatable bonds is 5. The zero-order valence-electron chi connectivity index (χ0n) is 13.6. The number of hydrogen-bond acceptors (Lipinski definition) is 3. The molecule has 4 nitrogen and oxygen atoms in total. The minimum Gasteiger partial charge on any atom is -0.356 e. The van der Waals surface area contributed by atoms with Gasteiger partial charge in [-0.25, -0.2) is 8.78 Å². The molecule has 0 saturated carbocycles. The molecule has 3 aromatic rings. The lowest BCUT2D eigenvalue weighted by Crippen LogP contribution is -2.15. The summed E-state index contributed by atoms with van der Waals surface area (Å²) in [5.41, 5.74) is 2.25. The van der Waals surface area contributed by atoms with Gasteiger partial charge in [-0.2, -0.15) is 0 Å². The van der Waals surface area contributed by atoms with E-state index in [2.05, 4.69) is 10.5 Å². The summed E-state index contributed by atoms with van der Waals surface area (Å²) in [6.07, 6.45) is 0.790. The summed E-state index contributed by atoms with van der Waals surface area (Å²) in [6, 6.07) is 12.2. The first-order chi connectivity index (χ1) is 12.1. The highest BCUT2D eigenvalue weighted by molar-refractivity contribution is 5.92. The van der Waals surface area contributed by atoms with Gasteiger partial charge in [0.25, 0.3) is 0 Å². The molecule has 1 aromatic heterocycles. The van der Waals surface area contributed by atoms with Crippen LogP contribution in [0.15, 0.2) is 53.1 Å². The summed E-state index contributed by atoms with van der Waals surface area (Å²) >= 11 is 0. The van der Waals surface area contributed by atoms with Gasteiger partial charge in [0, 0.05) is 17.8 Å². The highest BCUT2D eigenvalue weighted by Gasteiger charge is 2.15. The van der Waals surface area contributed by atoms with Crippen molar-refractivity contribution in [3.8, 4) is 11.3 Å². The molecule has 3 rings (SSSR count). The van der Waals surface area contributed by atoms with Gasteiger partial charge in [-0.15, -0.1) is 0 Å². The topological polar surface area (TPSA) is 55.1 Å². The van der Waals surface area contributed by atoms with E-state index in [9.17, 15) is 13.6 Å². The highest BCUT2D eigenvalue weighted by atomic mass is 19.1. The number of nitrogens with one attached hydrogen (secondary N) is 1. The smallest absolute Gasteiger partial charge is 0.230 e. The van der Waals surface area contributed by atoms with E-state index in [4.69, 9.17) is 4.52 Å². The lowest BCUT2D eigenvalue weighted by molar-refractivity contribution is -0.115. The minimum absolute atomic E-state index is 0.00956. The number of nitrogens with zero attached hydrogens (tertiary/aromatic N) is 1. The third-order valence-corrected chi connectivity index (χ3v) is 3.77. The molecule has 128 valence electrons. The predicted molar refractivity (Wildman–Crippen MR) is 90.0 cm³/mol. The molecule has 0 unspecified atom stereocenters. The molecule has 6 heteroatoms. The summed E-state index contributed by atoms with van der Waals surface area (Å²) in [5.74, 6) is -1.52. The van der Waals surface area contributed by atoms with E-state index in [0.29, 0.717) is 5.69 Å². The number of halogens is 2. The lowest BCUT2D eigenvalue weighted by atomic mass is 10.1. The normalized spacial score (nSPS) is 10.7. The average molecular weight is 342 g/mol. The number of carbonyl (C=O) groups is 1. The quantitative estimate of drug-likeness (QED) is 0.749. The maximum atomic E-state index is 13.8. The fourth-order valence-electron chi connectivity index (χ4n) is 2.52. The second-order valence-electron chi connectivity index (χ2n) is 5.54. The minimum atomic E-state index is -0.746. The Hall–Kier alpha value is -3.02. The third kappa shape index (κ3) is 3.91. The Bertz CT molecular complexity index is 906. The van der Waals surface area contributed by atoms with E-state index in [1.807, 2.05) is 31.2 Å². The highest BCUT2D eigenvalue weighted by Crippen LogP contribution is 2.24. The summed E-state index contributed by atoms with van der Waals surface area (Å²) in [4.78, 5) is 12.2. The van der Waals surface area contributed by atoms with Crippen LogP contribution in [0.5, 0.6) is 0 Å². The molecule has 0 aliphatic rings. The van der Waals surface area contributed by atoms with E-state index < -0.39 is 11.6 Å². The molecule has 0 atom stereocenters. The fraction of sp³-hybridized carbons (Fsp3) is 0.158. The standard InChI is InChI=1S/C19H16F2N2O2/c1-2-12-5-3-4-6-17(12)22-19(24)11-14-10-18(25-23-14)15-8-7-13(20)9-16(15)21/h3-10H,2,11H2,1H3,(H,22,24). The van der Waals surface area contributed by atoms with Gasteiger partial charge in [-0.1, -0.05) is 30.3 Å². The number of benzene rings is 2. The predicted octanol–water partition coefficient (Wildman–Crippen LogP) is 4.36. The molecule has 1 heterocycles. The summed E-state index contributed by atoms with van der Waals surface area (Å²) in [7, 11) is 0. The van der Waals surface area contributed by atoms with Gasteiger partial charge in [0.2, 0.25) is 5.91 Å². The van der Waals surface area contributed by atoms with E-state index in [-0.39, 0.29) is 23.7 Å². The molecule has 0 bridgehead atoms. The van der Waals surface area contributed by atoms with Crippen molar-refractivity contribution >= 4 is 11.6 Å². The van der Waals surface area contributed by atoms with Crippen LogP contribution in [0, 0.1) is 11.6 Å². The molecule has 0 aliphatic carbocycles. The third-order valence-electron chi connectivity index (χ3n) is 3.77. The molecule has 1 amide bonds. The number of amides is 1.